The molecule has 0 aliphatic rings. The summed E-state index contributed by atoms with van der Waals surface area (Å²) in [6.45, 7) is -0.750. The average Bonchev–Trinajstić information content (AvgIpc) is 0.918. The minimum Gasteiger partial charge on any atom is -1.00 e. The van der Waals surface area contributed by atoms with E-state index >= 15 is 0 Å². The second kappa shape index (κ2) is 8.87. The van der Waals surface area contributed by atoms with E-state index < -0.39 is 6.54 Å². The molecule has 1 nitrogen and oxygen atoms in total. The van der Waals surface area contributed by atoms with Gasteiger partial charge in [-0.05, 0) is 0 Å². The van der Waals surface area contributed by atoms with E-state index in [1.807, 2.05) is 0 Å². The summed E-state index contributed by atoms with van der Waals surface area (Å²) in [5.74, 6) is 0. The molecule has 0 heterocycles. The molecule has 0 fully saturated rings. The predicted molar refractivity (Wildman–Crippen MR) is 8.97 cm³/mol. The summed E-state index contributed by atoms with van der Waals surface area (Å²) in [5.41, 5.74) is 0. The summed E-state index contributed by atoms with van der Waals surface area (Å²) in [5, 5.41) is 0. The molecule has 0 saturated heterocycles. The van der Waals surface area contributed by atoms with Gasteiger partial charge in [-0.15, -0.1) is 0 Å². The molecule has 0 atom stereocenters. The fourth-order valence-corrected chi connectivity index (χ4v) is 0. The molecule has 0 saturated carbocycles. The number of halogens is 1. The second-order valence-electron chi connectivity index (χ2n) is 0.0891. The van der Waals surface area contributed by atoms with Crippen LogP contribution in [-0.4, -0.2) is 6.54 Å². The van der Waals surface area contributed by atoms with Gasteiger partial charge in [0.1, 0.15) is 0 Å². The molecule has 4 heavy (non-hydrogen) atoms. The minimum absolute atomic E-state index is 0. The molecule has 0 spiro atoms. The summed E-state index contributed by atoms with van der Waals surface area (Å²) in [7, 11) is 0. The smallest absolute Gasteiger partial charge is 1.00 e. The van der Waals surface area contributed by atoms with Crippen LogP contribution in [0.25, 0.3) is 0 Å². The van der Waals surface area contributed by atoms with Crippen molar-refractivity contribution >= 4 is 6.54 Å². The predicted octanol–water partition coefficient (Wildman–Crippen LogP) is -2.74. The van der Waals surface area contributed by atoms with Crippen LogP contribution in [0.3, 0.4) is 0 Å². The number of rotatable bonds is 0. The molecule has 0 rings (SSSR count). The maximum atomic E-state index is 9.61. The Morgan fingerprint density at radius 3 is 2.00 bits per heavy atom. The van der Waals surface area contributed by atoms with E-state index in [2.05, 4.69) is 0 Å². The molecule has 0 bridgehead atoms. The van der Waals surface area contributed by atoms with Crippen LogP contribution in [0, 0.1) is 0 Å². The normalized spacial score (nSPS) is 3.25. The molecule has 0 N–H and O–H groups in total. The van der Waals surface area contributed by atoms with Crippen molar-refractivity contribution in [2.45, 2.75) is 0 Å². The van der Waals surface area contributed by atoms with Gasteiger partial charge in [0.15, 0.2) is 0 Å². The van der Waals surface area contributed by atoms with Gasteiger partial charge in [-0.2, -0.15) is 4.39 Å². The third kappa shape index (κ3) is 10.6. The number of hydrogen-bond acceptors (Lipinski definition) is 1. The fourth-order valence-electron chi connectivity index (χ4n) is 0. The topological polar surface area (TPSA) is 17.1 Å². The van der Waals surface area contributed by atoms with Crippen molar-refractivity contribution in [3.8, 4) is 0 Å². The Balaban J connectivity index is -0.0000000200. The molecule has 20 valence electrons. The van der Waals surface area contributed by atoms with Gasteiger partial charge in [-0.3, -0.25) is 4.79 Å². The summed E-state index contributed by atoms with van der Waals surface area (Å²) in [6.07, 6.45) is 0. The van der Waals surface area contributed by atoms with Gasteiger partial charge >= 0.3 is 51.4 Å². The SMILES string of the molecule is O=CF.[H-].[K+]. The van der Waals surface area contributed by atoms with Gasteiger partial charge in [-0.25, -0.2) is 0 Å². The van der Waals surface area contributed by atoms with Gasteiger partial charge in [0.2, 0.25) is 0 Å². The van der Waals surface area contributed by atoms with E-state index in [0.29, 0.717) is 0 Å². The minimum atomic E-state index is -0.750. The van der Waals surface area contributed by atoms with E-state index in [4.69, 9.17) is 4.79 Å². The van der Waals surface area contributed by atoms with Crippen LogP contribution >= 0.6 is 0 Å². The molecule has 0 amide bonds. The average molecular weight is 88.1 g/mol. The van der Waals surface area contributed by atoms with Crippen LogP contribution in [0.4, 0.5) is 4.39 Å². The molecular weight excluding hydrogens is 86.1 g/mol. The molecule has 0 aliphatic heterocycles. The van der Waals surface area contributed by atoms with Crippen molar-refractivity contribution in [2.75, 3.05) is 0 Å². The zero-order valence-corrected chi connectivity index (χ0v) is 5.49. The van der Waals surface area contributed by atoms with Crippen molar-refractivity contribution in [1.82, 2.24) is 0 Å². The van der Waals surface area contributed by atoms with E-state index in [1.165, 1.54) is 0 Å². The zero-order valence-electron chi connectivity index (χ0n) is 3.36. The molecule has 3 heteroatoms. The first-order valence-electron chi connectivity index (χ1n) is 0.454. The van der Waals surface area contributed by atoms with Crippen molar-refractivity contribution in [3.63, 3.8) is 0 Å². The van der Waals surface area contributed by atoms with Gasteiger partial charge in [0.05, 0.1) is 0 Å². The maximum Gasteiger partial charge on any atom is 1.00 e. The van der Waals surface area contributed by atoms with Crippen LogP contribution in [0.5, 0.6) is 0 Å². The Kier molecular flexibility index (Phi) is 19.9. The molecule has 0 radical (unpaired) electrons. The van der Waals surface area contributed by atoms with Crippen LogP contribution in [-0.2, 0) is 4.79 Å². The second-order valence-corrected chi connectivity index (χ2v) is 0.0891. The molecule has 0 aliphatic carbocycles. The molecular formula is CH2FKO. The summed E-state index contributed by atoms with van der Waals surface area (Å²) >= 11 is 0. The van der Waals surface area contributed by atoms with Crippen LogP contribution < -0.4 is 51.4 Å². The largest absolute Gasteiger partial charge is 1.00 e. The van der Waals surface area contributed by atoms with Gasteiger partial charge in [-0.1, -0.05) is 0 Å². The van der Waals surface area contributed by atoms with Crippen LogP contribution in [0.1, 0.15) is 1.43 Å². The Morgan fingerprint density at radius 2 is 2.00 bits per heavy atom. The first kappa shape index (κ1) is 8.97. The van der Waals surface area contributed by atoms with Crippen molar-refractivity contribution in [3.05, 3.63) is 0 Å². The zero-order chi connectivity index (χ0) is 2.71. The first-order valence-corrected chi connectivity index (χ1v) is 0.454. The van der Waals surface area contributed by atoms with Crippen molar-refractivity contribution in [2.24, 2.45) is 0 Å². The van der Waals surface area contributed by atoms with E-state index in [-0.39, 0.29) is 52.8 Å². The maximum absolute atomic E-state index is 9.61. The summed E-state index contributed by atoms with van der Waals surface area (Å²) in [6, 6.07) is 0. The van der Waals surface area contributed by atoms with E-state index in [1.54, 1.807) is 0 Å². The third-order valence-corrected chi connectivity index (χ3v) is 0. The van der Waals surface area contributed by atoms with Crippen LogP contribution in [0.2, 0.25) is 0 Å². The first-order chi connectivity index (χ1) is 1.41. The fraction of sp³-hybridized carbons (Fsp3) is 0. The van der Waals surface area contributed by atoms with Gasteiger partial charge in [0, 0.05) is 0 Å². The monoisotopic (exact) mass is 88.0 g/mol. The number of carbonyl (C=O) groups is 1. The summed E-state index contributed by atoms with van der Waals surface area (Å²) in [4.78, 5) is 8.14. The molecule has 0 aromatic carbocycles. The number of hydrogen-bond donors (Lipinski definition) is 0. The number of carbonyl (C=O) groups excluding carboxylic acids is 1. The third-order valence-electron chi connectivity index (χ3n) is 0. The Morgan fingerprint density at radius 1 is 2.00 bits per heavy atom. The quantitative estimate of drug-likeness (QED) is 0.178. The van der Waals surface area contributed by atoms with Gasteiger partial charge < -0.3 is 1.43 Å². The molecule has 0 aromatic rings. The Hall–Kier alpha value is 1.24. The standard InChI is InChI=1S/CHFO.K.H/c2-1-3;;/h1H;;/q;+1;-1. The van der Waals surface area contributed by atoms with Crippen molar-refractivity contribution in [1.29, 1.82) is 0 Å². The summed E-state index contributed by atoms with van der Waals surface area (Å²) < 4.78 is 9.61. The van der Waals surface area contributed by atoms with E-state index in [0.717, 1.165) is 0 Å². The molecule has 0 unspecified atom stereocenters. The Bertz CT molecular complexity index is 19.1. The van der Waals surface area contributed by atoms with Crippen molar-refractivity contribution < 1.29 is 62.0 Å². The van der Waals surface area contributed by atoms with Gasteiger partial charge in [0.25, 0.3) is 6.54 Å². The van der Waals surface area contributed by atoms with E-state index in [9.17, 15) is 4.39 Å². The molecule has 0 aromatic heterocycles. The van der Waals surface area contributed by atoms with Crippen LogP contribution in [0.15, 0.2) is 0 Å². The Labute approximate surface area is 67.5 Å².